The van der Waals surface area contributed by atoms with Crippen LogP contribution >= 0.6 is 0 Å². The van der Waals surface area contributed by atoms with Gasteiger partial charge in [0, 0.05) is 28.9 Å². The molecule has 0 saturated heterocycles. The third-order valence-electron chi connectivity index (χ3n) is 2.80. The van der Waals surface area contributed by atoms with Crippen LogP contribution in [0.25, 0.3) is 11.0 Å². The topological polar surface area (TPSA) is 60.9 Å². The van der Waals surface area contributed by atoms with Crippen LogP contribution < -0.4 is 5.73 Å². The highest BCUT2D eigenvalue weighted by atomic mass is 32.2. The van der Waals surface area contributed by atoms with Gasteiger partial charge in [-0.2, -0.15) is 0 Å². The SMILES string of the molecule is CCS(=O)CCn1c(N)nc2ccc(C)cc21. The second-order valence-electron chi connectivity index (χ2n) is 4.05. The summed E-state index contributed by atoms with van der Waals surface area (Å²) in [6, 6.07) is 6.05. The Kier molecular flexibility index (Phi) is 3.47. The lowest BCUT2D eigenvalue weighted by Gasteiger charge is -2.05. The fraction of sp³-hybridized carbons (Fsp3) is 0.417. The third kappa shape index (κ3) is 2.49. The molecule has 1 atom stereocenters. The monoisotopic (exact) mass is 251 g/mol. The summed E-state index contributed by atoms with van der Waals surface area (Å²) in [5, 5.41) is 0. The molecule has 0 aliphatic heterocycles. The zero-order chi connectivity index (χ0) is 12.4. The van der Waals surface area contributed by atoms with Crippen LogP contribution in [0.2, 0.25) is 0 Å². The summed E-state index contributed by atoms with van der Waals surface area (Å²) in [5.74, 6) is 1.81. The fourth-order valence-electron chi connectivity index (χ4n) is 1.82. The van der Waals surface area contributed by atoms with Crippen LogP contribution in [0.3, 0.4) is 0 Å². The van der Waals surface area contributed by atoms with Gasteiger partial charge in [-0.15, -0.1) is 0 Å². The highest BCUT2D eigenvalue weighted by molar-refractivity contribution is 7.84. The smallest absolute Gasteiger partial charge is 0.201 e. The maximum atomic E-state index is 11.5. The average Bonchev–Trinajstić information content (AvgIpc) is 2.61. The Morgan fingerprint density at radius 2 is 2.24 bits per heavy atom. The molecule has 5 heteroatoms. The van der Waals surface area contributed by atoms with E-state index in [0.717, 1.165) is 11.0 Å². The normalized spacial score (nSPS) is 13.1. The van der Waals surface area contributed by atoms with Crippen LogP contribution in [0, 0.1) is 6.92 Å². The Morgan fingerprint density at radius 1 is 1.47 bits per heavy atom. The minimum atomic E-state index is -0.772. The van der Waals surface area contributed by atoms with Crippen LogP contribution in [0.4, 0.5) is 5.95 Å². The van der Waals surface area contributed by atoms with Gasteiger partial charge in [0.2, 0.25) is 5.95 Å². The predicted molar refractivity (Wildman–Crippen MR) is 72.4 cm³/mol. The molecule has 0 amide bonds. The van der Waals surface area contributed by atoms with E-state index in [4.69, 9.17) is 5.73 Å². The lowest BCUT2D eigenvalue weighted by atomic mass is 10.2. The second kappa shape index (κ2) is 4.87. The van der Waals surface area contributed by atoms with Crippen LogP contribution in [0.5, 0.6) is 0 Å². The molecule has 0 radical (unpaired) electrons. The summed E-state index contributed by atoms with van der Waals surface area (Å²) in [7, 11) is -0.772. The number of hydrogen-bond donors (Lipinski definition) is 1. The number of anilines is 1. The zero-order valence-corrected chi connectivity index (χ0v) is 11.0. The van der Waals surface area contributed by atoms with E-state index in [1.54, 1.807) is 0 Å². The molecule has 0 bridgehead atoms. The average molecular weight is 251 g/mol. The molecule has 2 N–H and O–H groups in total. The molecule has 1 unspecified atom stereocenters. The van der Waals surface area contributed by atoms with Gasteiger partial charge in [-0.1, -0.05) is 13.0 Å². The largest absolute Gasteiger partial charge is 0.369 e. The van der Waals surface area contributed by atoms with Gasteiger partial charge in [0.1, 0.15) is 0 Å². The van der Waals surface area contributed by atoms with E-state index in [2.05, 4.69) is 11.1 Å². The van der Waals surface area contributed by atoms with Crippen LogP contribution in [0.1, 0.15) is 12.5 Å². The number of imidazole rings is 1. The quantitative estimate of drug-likeness (QED) is 0.899. The van der Waals surface area contributed by atoms with Crippen molar-refractivity contribution in [2.24, 2.45) is 0 Å². The van der Waals surface area contributed by atoms with E-state index in [9.17, 15) is 4.21 Å². The van der Waals surface area contributed by atoms with Gasteiger partial charge in [-0.25, -0.2) is 4.98 Å². The summed E-state index contributed by atoms with van der Waals surface area (Å²) >= 11 is 0. The van der Waals surface area contributed by atoms with Crippen LogP contribution in [-0.2, 0) is 17.3 Å². The minimum Gasteiger partial charge on any atom is -0.369 e. The van der Waals surface area contributed by atoms with Crippen molar-refractivity contribution in [2.75, 3.05) is 17.2 Å². The Balaban J connectivity index is 2.35. The summed E-state index contributed by atoms with van der Waals surface area (Å²) in [6.45, 7) is 4.62. The number of fused-ring (bicyclic) bond motifs is 1. The molecule has 2 rings (SSSR count). The minimum absolute atomic E-state index is 0.499. The maximum absolute atomic E-state index is 11.5. The molecule has 1 aromatic heterocycles. The maximum Gasteiger partial charge on any atom is 0.201 e. The molecule has 0 aliphatic carbocycles. The number of hydrogen-bond acceptors (Lipinski definition) is 3. The van der Waals surface area contributed by atoms with Gasteiger partial charge in [-0.3, -0.25) is 4.21 Å². The van der Waals surface area contributed by atoms with Crippen molar-refractivity contribution in [1.29, 1.82) is 0 Å². The molecule has 0 aliphatic rings. The van der Waals surface area contributed by atoms with E-state index < -0.39 is 10.8 Å². The van der Waals surface area contributed by atoms with Crippen molar-refractivity contribution in [3.05, 3.63) is 23.8 Å². The molecule has 0 spiro atoms. The first-order valence-electron chi connectivity index (χ1n) is 5.69. The number of nitrogens with zero attached hydrogens (tertiary/aromatic N) is 2. The van der Waals surface area contributed by atoms with E-state index in [-0.39, 0.29) is 0 Å². The Morgan fingerprint density at radius 3 is 2.94 bits per heavy atom. The van der Waals surface area contributed by atoms with Crippen molar-refractivity contribution in [3.63, 3.8) is 0 Å². The van der Waals surface area contributed by atoms with E-state index >= 15 is 0 Å². The van der Waals surface area contributed by atoms with E-state index in [1.807, 2.05) is 30.5 Å². The summed E-state index contributed by atoms with van der Waals surface area (Å²) in [5.41, 5.74) is 8.98. The summed E-state index contributed by atoms with van der Waals surface area (Å²) in [4.78, 5) is 4.30. The zero-order valence-electron chi connectivity index (χ0n) is 10.1. The molecule has 0 saturated carbocycles. The molecule has 1 heterocycles. The van der Waals surface area contributed by atoms with Crippen molar-refractivity contribution in [2.45, 2.75) is 20.4 Å². The Hall–Kier alpha value is -1.36. The first-order chi connectivity index (χ1) is 8.11. The lowest BCUT2D eigenvalue weighted by molar-refractivity contribution is 0.677. The first-order valence-corrected chi connectivity index (χ1v) is 7.18. The molecule has 92 valence electrons. The van der Waals surface area contributed by atoms with Gasteiger partial charge < -0.3 is 10.3 Å². The third-order valence-corrected chi connectivity index (χ3v) is 4.08. The predicted octanol–water partition coefficient (Wildman–Crippen LogP) is 1.70. The van der Waals surface area contributed by atoms with Crippen molar-refractivity contribution in [3.8, 4) is 0 Å². The van der Waals surface area contributed by atoms with E-state index in [1.165, 1.54) is 5.56 Å². The van der Waals surface area contributed by atoms with Gasteiger partial charge in [0.05, 0.1) is 11.0 Å². The Bertz CT molecular complexity index is 562. The van der Waals surface area contributed by atoms with Crippen molar-refractivity contribution in [1.82, 2.24) is 9.55 Å². The summed E-state index contributed by atoms with van der Waals surface area (Å²) < 4.78 is 13.4. The van der Waals surface area contributed by atoms with Gasteiger partial charge >= 0.3 is 0 Å². The molecule has 1 aromatic carbocycles. The summed E-state index contributed by atoms with van der Waals surface area (Å²) in [6.07, 6.45) is 0. The van der Waals surface area contributed by atoms with Gasteiger partial charge in [0.15, 0.2) is 0 Å². The molecular formula is C12H17N3OS. The highest BCUT2D eigenvalue weighted by Crippen LogP contribution is 2.19. The van der Waals surface area contributed by atoms with Crippen molar-refractivity contribution >= 4 is 27.8 Å². The number of benzene rings is 1. The molecule has 17 heavy (non-hydrogen) atoms. The molecule has 2 aromatic rings. The van der Waals surface area contributed by atoms with Gasteiger partial charge in [0.25, 0.3) is 0 Å². The number of rotatable bonds is 4. The van der Waals surface area contributed by atoms with E-state index in [0.29, 0.717) is 24.0 Å². The number of nitrogens with two attached hydrogens (primary N) is 1. The lowest BCUT2D eigenvalue weighted by Crippen LogP contribution is -2.11. The number of nitrogen functional groups attached to an aromatic ring is 1. The van der Waals surface area contributed by atoms with Crippen molar-refractivity contribution < 1.29 is 4.21 Å². The number of aryl methyl sites for hydroxylation is 2. The Labute approximate surface area is 103 Å². The van der Waals surface area contributed by atoms with Crippen LogP contribution in [0.15, 0.2) is 18.2 Å². The van der Waals surface area contributed by atoms with Crippen LogP contribution in [-0.4, -0.2) is 25.3 Å². The molecular weight excluding hydrogens is 234 g/mol. The number of aromatic nitrogens is 2. The second-order valence-corrected chi connectivity index (χ2v) is 5.91. The molecule has 4 nitrogen and oxygen atoms in total. The van der Waals surface area contributed by atoms with Gasteiger partial charge in [-0.05, 0) is 24.6 Å². The first kappa shape index (κ1) is 12.1. The highest BCUT2D eigenvalue weighted by Gasteiger charge is 2.08. The molecule has 0 fully saturated rings. The standard InChI is InChI=1S/C12H17N3OS/c1-3-17(16)7-6-15-11-8-9(2)4-5-10(11)14-12(15)13/h4-5,8H,3,6-7H2,1-2H3,(H2,13,14). The fourth-order valence-corrected chi connectivity index (χ4v) is 2.50.